The Hall–Kier alpha value is -2.90. The minimum atomic E-state index is -0.485. The van der Waals surface area contributed by atoms with E-state index in [-0.39, 0.29) is 12.7 Å². The Balaban J connectivity index is 0.000000429. The maximum absolute atomic E-state index is 13.0. The van der Waals surface area contributed by atoms with Crippen molar-refractivity contribution in [2.24, 2.45) is 0 Å². The van der Waals surface area contributed by atoms with Crippen LogP contribution in [0.3, 0.4) is 0 Å². The van der Waals surface area contributed by atoms with E-state index in [9.17, 15) is 4.79 Å². The van der Waals surface area contributed by atoms with E-state index in [4.69, 9.17) is 9.47 Å². The number of carbonyl (C=O) groups excluding carboxylic acids is 1. The molecule has 0 radical (unpaired) electrons. The molecule has 0 atom stereocenters. The number of ether oxygens (including phenoxy) is 2. The number of carbonyl (C=O) groups is 1. The van der Waals surface area contributed by atoms with Crippen LogP contribution in [0.4, 0.5) is 5.13 Å². The molecule has 2 aromatic carbocycles. The van der Waals surface area contributed by atoms with Gasteiger partial charge in [0.2, 0.25) is 12.7 Å². The van der Waals surface area contributed by atoms with Crippen molar-refractivity contribution >= 4 is 22.4 Å². The van der Waals surface area contributed by atoms with E-state index in [0.717, 1.165) is 41.9 Å². The van der Waals surface area contributed by atoms with E-state index in [1.54, 1.807) is 11.3 Å². The number of thiazole rings is 1. The van der Waals surface area contributed by atoms with Crippen molar-refractivity contribution in [2.75, 3.05) is 25.2 Å². The lowest BCUT2D eigenvalue weighted by molar-refractivity contribution is -0.118. The third kappa shape index (κ3) is 4.95. The van der Waals surface area contributed by atoms with Crippen LogP contribution >= 0.6 is 11.3 Å². The van der Waals surface area contributed by atoms with Crippen LogP contribution in [0.25, 0.3) is 0 Å². The highest BCUT2D eigenvalue weighted by Crippen LogP contribution is 2.51. The SMILES string of the molecule is C1CCNC1.CCc1ccccc1Cc1cnc(NC(=O)C2(c3ccc4c(c3)OCO4)CC2)s1. The molecule has 1 saturated heterocycles. The third-order valence-corrected chi connectivity index (χ3v) is 7.62. The molecule has 2 fully saturated rings. The number of nitrogens with one attached hydrogen (secondary N) is 2. The Morgan fingerprint density at radius 3 is 2.56 bits per heavy atom. The summed E-state index contributed by atoms with van der Waals surface area (Å²) in [5, 5.41) is 6.92. The summed E-state index contributed by atoms with van der Waals surface area (Å²) in [7, 11) is 0. The number of rotatable bonds is 6. The molecular weight excluding hydrogens is 446 g/mol. The van der Waals surface area contributed by atoms with Gasteiger partial charge >= 0.3 is 0 Å². The molecule has 2 aliphatic heterocycles. The molecule has 0 spiro atoms. The van der Waals surface area contributed by atoms with Gasteiger partial charge in [0.1, 0.15) is 0 Å². The average Bonchev–Trinajstić information content (AvgIpc) is 3.27. The van der Waals surface area contributed by atoms with Gasteiger partial charge in [-0.2, -0.15) is 0 Å². The summed E-state index contributed by atoms with van der Waals surface area (Å²) in [6.07, 6.45) is 8.16. The van der Waals surface area contributed by atoms with Crippen LogP contribution in [0.5, 0.6) is 11.5 Å². The molecule has 2 N–H and O–H groups in total. The molecule has 1 aromatic heterocycles. The van der Waals surface area contributed by atoms with Crippen LogP contribution in [0.2, 0.25) is 0 Å². The van der Waals surface area contributed by atoms with Crippen molar-refractivity contribution in [2.45, 2.75) is 50.9 Å². The second kappa shape index (κ2) is 10.2. The molecule has 3 aromatic rings. The quantitative estimate of drug-likeness (QED) is 0.519. The molecule has 34 heavy (non-hydrogen) atoms. The summed E-state index contributed by atoms with van der Waals surface area (Å²) in [5.74, 6) is 1.46. The first-order chi connectivity index (χ1) is 16.7. The Morgan fingerprint density at radius 1 is 1.09 bits per heavy atom. The first kappa shape index (κ1) is 22.9. The van der Waals surface area contributed by atoms with Gasteiger partial charge in [-0.25, -0.2) is 4.98 Å². The van der Waals surface area contributed by atoms with Gasteiger partial charge in [0.25, 0.3) is 0 Å². The molecule has 178 valence electrons. The highest BCUT2D eigenvalue weighted by atomic mass is 32.1. The van der Waals surface area contributed by atoms with E-state index in [0.29, 0.717) is 10.9 Å². The van der Waals surface area contributed by atoms with Crippen molar-refractivity contribution in [1.29, 1.82) is 0 Å². The molecule has 7 heteroatoms. The minimum Gasteiger partial charge on any atom is -0.454 e. The van der Waals surface area contributed by atoms with Gasteiger partial charge in [-0.05, 0) is 74.0 Å². The fourth-order valence-corrected chi connectivity index (χ4v) is 5.35. The largest absolute Gasteiger partial charge is 0.454 e. The molecule has 3 heterocycles. The number of nitrogens with zero attached hydrogens (tertiary/aromatic N) is 1. The highest BCUT2D eigenvalue weighted by molar-refractivity contribution is 7.15. The molecular formula is C27H31N3O3S. The fourth-order valence-electron chi connectivity index (χ4n) is 4.52. The Labute approximate surface area is 204 Å². The zero-order valence-electron chi connectivity index (χ0n) is 19.6. The van der Waals surface area contributed by atoms with Gasteiger partial charge in [0.15, 0.2) is 16.6 Å². The molecule has 3 aliphatic rings. The summed E-state index contributed by atoms with van der Waals surface area (Å²) < 4.78 is 10.9. The standard InChI is InChI=1S/C23H22N2O3S.C4H9N/c1-2-15-5-3-4-6-16(15)11-18-13-24-22(29-18)25-21(26)23(9-10-23)17-7-8-19-20(12-17)28-14-27-19;1-2-4-5-3-1/h3-8,12-13H,2,9-11,14H2,1H3,(H,24,25,26);5H,1-4H2. The molecule has 0 unspecified atom stereocenters. The zero-order valence-corrected chi connectivity index (χ0v) is 20.4. The maximum atomic E-state index is 13.0. The van der Waals surface area contributed by atoms with Crippen LogP contribution in [-0.4, -0.2) is 30.8 Å². The van der Waals surface area contributed by atoms with Gasteiger partial charge in [0, 0.05) is 17.5 Å². The van der Waals surface area contributed by atoms with Crippen molar-refractivity contribution in [3.05, 3.63) is 70.2 Å². The number of aryl methyl sites for hydroxylation is 1. The van der Waals surface area contributed by atoms with Crippen LogP contribution in [0, 0.1) is 0 Å². The summed E-state index contributed by atoms with van der Waals surface area (Å²) in [5.41, 5.74) is 3.16. The van der Waals surface area contributed by atoms with Gasteiger partial charge in [-0.1, -0.05) is 37.3 Å². The number of anilines is 1. The van der Waals surface area contributed by atoms with Crippen LogP contribution in [-0.2, 0) is 23.1 Å². The molecule has 0 bridgehead atoms. The molecule has 6 rings (SSSR count). The lowest BCUT2D eigenvalue weighted by Gasteiger charge is -2.15. The van der Waals surface area contributed by atoms with Gasteiger partial charge in [-0.3, -0.25) is 4.79 Å². The predicted octanol–water partition coefficient (Wildman–Crippen LogP) is 5.07. The smallest absolute Gasteiger partial charge is 0.236 e. The first-order valence-corrected chi connectivity index (χ1v) is 12.9. The summed E-state index contributed by atoms with van der Waals surface area (Å²) in [6, 6.07) is 14.3. The lowest BCUT2D eigenvalue weighted by Crippen LogP contribution is -2.27. The zero-order chi connectivity index (χ0) is 23.4. The fraction of sp³-hybridized carbons (Fsp3) is 0.407. The number of fused-ring (bicyclic) bond motifs is 1. The van der Waals surface area contributed by atoms with Crippen molar-refractivity contribution in [1.82, 2.24) is 10.3 Å². The Morgan fingerprint density at radius 2 is 1.85 bits per heavy atom. The Bertz CT molecular complexity index is 1140. The first-order valence-electron chi connectivity index (χ1n) is 12.1. The molecule has 6 nitrogen and oxygen atoms in total. The maximum Gasteiger partial charge on any atom is 0.236 e. The number of hydrogen-bond donors (Lipinski definition) is 2. The average molecular weight is 478 g/mol. The topological polar surface area (TPSA) is 72.5 Å². The highest BCUT2D eigenvalue weighted by Gasteiger charge is 2.52. The monoisotopic (exact) mass is 477 g/mol. The van der Waals surface area contributed by atoms with Crippen LogP contribution in [0.1, 0.15) is 54.2 Å². The molecule has 1 saturated carbocycles. The second-order valence-corrected chi connectivity index (χ2v) is 10.1. The summed E-state index contributed by atoms with van der Waals surface area (Å²) in [6.45, 7) is 4.91. The second-order valence-electron chi connectivity index (χ2n) is 8.99. The third-order valence-electron chi connectivity index (χ3n) is 6.70. The number of benzene rings is 2. The summed E-state index contributed by atoms with van der Waals surface area (Å²) >= 11 is 1.55. The van der Waals surface area contributed by atoms with E-state index >= 15 is 0 Å². The van der Waals surface area contributed by atoms with E-state index in [1.807, 2.05) is 24.4 Å². The minimum absolute atomic E-state index is 0.00576. The van der Waals surface area contributed by atoms with Gasteiger partial charge in [-0.15, -0.1) is 11.3 Å². The van der Waals surface area contributed by atoms with Crippen molar-refractivity contribution in [3.63, 3.8) is 0 Å². The van der Waals surface area contributed by atoms with E-state index < -0.39 is 5.41 Å². The molecule has 1 aliphatic carbocycles. The van der Waals surface area contributed by atoms with Gasteiger partial charge in [0.05, 0.1) is 5.41 Å². The lowest BCUT2D eigenvalue weighted by atomic mass is 9.94. The number of amides is 1. The summed E-state index contributed by atoms with van der Waals surface area (Å²) in [4.78, 5) is 18.6. The van der Waals surface area contributed by atoms with Gasteiger partial charge < -0.3 is 20.1 Å². The molecule has 1 amide bonds. The van der Waals surface area contributed by atoms with Crippen molar-refractivity contribution in [3.8, 4) is 11.5 Å². The Kier molecular flexibility index (Phi) is 6.83. The van der Waals surface area contributed by atoms with Crippen LogP contribution in [0.15, 0.2) is 48.7 Å². The normalized spacial score (nSPS) is 17.1. The number of hydrogen-bond acceptors (Lipinski definition) is 6. The van der Waals surface area contributed by atoms with Crippen LogP contribution < -0.4 is 20.1 Å². The van der Waals surface area contributed by atoms with E-state index in [1.165, 1.54) is 37.1 Å². The van der Waals surface area contributed by atoms with Crippen molar-refractivity contribution < 1.29 is 14.3 Å². The van der Waals surface area contributed by atoms with E-state index in [2.05, 4.69) is 46.8 Å². The predicted molar refractivity (Wildman–Crippen MR) is 135 cm³/mol. The number of aromatic nitrogens is 1.